The Balaban J connectivity index is 2.81. The van der Waals surface area contributed by atoms with Gasteiger partial charge in [0.1, 0.15) is 5.75 Å². The van der Waals surface area contributed by atoms with Crippen LogP contribution in [0.1, 0.15) is 18.1 Å². The lowest BCUT2D eigenvalue weighted by molar-refractivity contribution is 0.264. The number of hydrogen-bond donors (Lipinski definition) is 2. The Kier molecular flexibility index (Phi) is 3.55. The maximum Gasteiger partial charge on any atom is 0.180 e. The van der Waals surface area contributed by atoms with Crippen molar-refractivity contribution >= 4 is 5.84 Å². The average molecular weight is 208 g/mol. The van der Waals surface area contributed by atoms with Crippen LogP contribution in [0.4, 0.5) is 0 Å². The quantitative estimate of drug-likeness (QED) is 0.344. The first kappa shape index (κ1) is 11.4. The van der Waals surface area contributed by atoms with Crippen LogP contribution in [0.2, 0.25) is 0 Å². The molecule has 4 nitrogen and oxygen atoms in total. The molecule has 1 unspecified atom stereocenters. The molecule has 0 spiro atoms. The zero-order valence-electron chi connectivity index (χ0n) is 9.19. The Morgan fingerprint density at radius 2 is 2.13 bits per heavy atom. The number of benzene rings is 1. The van der Waals surface area contributed by atoms with Crippen molar-refractivity contribution in [1.82, 2.24) is 0 Å². The molecule has 0 saturated carbocycles. The number of oxime groups is 1. The van der Waals surface area contributed by atoms with Gasteiger partial charge in [-0.2, -0.15) is 0 Å². The smallest absolute Gasteiger partial charge is 0.180 e. The van der Waals surface area contributed by atoms with Crippen molar-refractivity contribution in [3.05, 3.63) is 29.3 Å². The van der Waals surface area contributed by atoms with Crippen LogP contribution in [-0.4, -0.2) is 17.1 Å². The Labute approximate surface area is 89.4 Å². The summed E-state index contributed by atoms with van der Waals surface area (Å²) < 4.78 is 5.54. The van der Waals surface area contributed by atoms with Gasteiger partial charge in [-0.05, 0) is 32.4 Å². The highest BCUT2D eigenvalue weighted by Gasteiger charge is 2.10. The third kappa shape index (κ3) is 2.87. The van der Waals surface area contributed by atoms with E-state index in [1.165, 1.54) is 5.56 Å². The van der Waals surface area contributed by atoms with Crippen molar-refractivity contribution < 1.29 is 9.94 Å². The van der Waals surface area contributed by atoms with Crippen molar-refractivity contribution in [2.45, 2.75) is 26.9 Å². The summed E-state index contributed by atoms with van der Waals surface area (Å²) in [5.41, 5.74) is 7.63. The van der Waals surface area contributed by atoms with Crippen LogP contribution in [0.25, 0.3) is 0 Å². The van der Waals surface area contributed by atoms with Gasteiger partial charge in [-0.1, -0.05) is 22.9 Å². The number of ether oxygens (including phenoxy) is 1. The van der Waals surface area contributed by atoms with E-state index in [2.05, 4.69) is 5.16 Å². The number of nitrogens with two attached hydrogens (primary N) is 1. The van der Waals surface area contributed by atoms with Crippen molar-refractivity contribution in [1.29, 1.82) is 0 Å². The van der Waals surface area contributed by atoms with E-state index in [-0.39, 0.29) is 5.84 Å². The molecule has 0 saturated heterocycles. The molecular formula is C11H16N2O2. The van der Waals surface area contributed by atoms with Gasteiger partial charge in [0.2, 0.25) is 0 Å². The highest BCUT2D eigenvalue weighted by molar-refractivity contribution is 5.84. The zero-order chi connectivity index (χ0) is 11.4. The molecule has 0 aromatic heterocycles. The lowest BCUT2D eigenvalue weighted by Gasteiger charge is -2.15. The average Bonchev–Trinajstić information content (AvgIpc) is 2.20. The molecule has 1 rings (SSSR count). The zero-order valence-corrected chi connectivity index (χ0v) is 9.19. The molecule has 4 heteroatoms. The van der Waals surface area contributed by atoms with Gasteiger partial charge in [-0.15, -0.1) is 0 Å². The molecule has 0 aliphatic carbocycles. The first-order chi connectivity index (χ1) is 7.04. The molecule has 3 N–H and O–H groups in total. The van der Waals surface area contributed by atoms with Gasteiger partial charge in [0.15, 0.2) is 11.9 Å². The Hall–Kier alpha value is -1.71. The number of amidine groups is 1. The molecule has 82 valence electrons. The maximum atomic E-state index is 8.48. The standard InChI is InChI=1S/C11H16N2O2/c1-7-4-5-10(8(2)6-7)15-9(3)11(12)13-14/h4-6,9,14H,1-3H3,(H2,12,13). The molecule has 0 aliphatic rings. The van der Waals surface area contributed by atoms with E-state index in [1.807, 2.05) is 32.0 Å². The normalized spacial score (nSPS) is 13.7. The van der Waals surface area contributed by atoms with Gasteiger partial charge in [-0.25, -0.2) is 0 Å². The summed E-state index contributed by atoms with van der Waals surface area (Å²) in [4.78, 5) is 0. The summed E-state index contributed by atoms with van der Waals surface area (Å²) >= 11 is 0. The van der Waals surface area contributed by atoms with Gasteiger partial charge in [0, 0.05) is 0 Å². The first-order valence-electron chi connectivity index (χ1n) is 4.76. The molecule has 0 amide bonds. The lowest BCUT2D eigenvalue weighted by Crippen LogP contribution is -2.31. The number of hydrogen-bond acceptors (Lipinski definition) is 3. The maximum absolute atomic E-state index is 8.48. The summed E-state index contributed by atoms with van der Waals surface area (Å²) in [7, 11) is 0. The minimum absolute atomic E-state index is 0.0648. The van der Waals surface area contributed by atoms with Crippen LogP contribution < -0.4 is 10.5 Å². The van der Waals surface area contributed by atoms with Crippen LogP contribution in [0, 0.1) is 13.8 Å². The topological polar surface area (TPSA) is 67.8 Å². The van der Waals surface area contributed by atoms with Crippen LogP contribution >= 0.6 is 0 Å². The second kappa shape index (κ2) is 4.68. The highest BCUT2D eigenvalue weighted by Crippen LogP contribution is 2.19. The molecule has 0 bridgehead atoms. The van der Waals surface area contributed by atoms with Gasteiger partial charge in [0.25, 0.3) is 0 Å². The summed E-state index contributed by atoms with van der Waals surface area (Å²) in [5, 5.41) is 11.4. The predicted octanol–water partition coefficient (Wildman–Crippen LogP) is 1.82. The van der Waals surface area contributed by atoms with Gasteiger partial charge < -0.3 is 15.7 Å². The molecule has 1 atom stereocenters. The number of nitrogens with zero attached hydrogens (tertiary/aromatic N) is 1. The van der Waals surface area contributed by atoms with Crippen LogP contribution in [0.15, 0.2) is 23.4 Å². The van der Waals surface area contributed by atoms with E-state index in [1.54, 1.807) is 6.92 Å². The highest BCUT2D eigenvalue weighted by atomic mass is 16.5. The van der Waals surface area contributed by atoms with E-state index in [4.69, 9.17) is 15.7 Å². The van der Waals surface area contributed by atoms with Crippen LogP contribution in [0.3, 0.4) is 0 Å². The van der Waals surface area contributed by atoms with E-state index < -0.39 is 6.10 Å². The van der Waals surface area contributed by atoms with Crippen molar-refractivity contribution in [2.24, 2.45) is 10.9 Å². The monoisotopic (exact) mass is 208 g/mol. The van der Waals surface area contributed by atoms with Crippen molar-refractivity contribution in [3.8, 4) is 5.75 Å². The SMILES string of the molecule is Cc1ccc(OC(C)C(N)=NO)c(C)c1. The third-order valence-electron chi connectivity index (χ3n) is 2.17. The molecule has 0 fully saturated rings. The second-order valence-corrected chi connectivity index (χ2v) is 3.55. The Morgan fingerprint density at radius 3 is 2.67 bits per heavy atom. The fourth-order valence-electron chi connectivity index (χ4n) is 1.26. The molecule has 0 aliphatic heterocycles. The largest absolute Gasteiger partial charge is 0.482 e. The van der Waals surface area contributed by atoms with Gasteiger partial charge in [-0.3, -0.25) is 0 Å². The lowest BCUT2D eigenvalue weighted by atomic mass is 10.1. The Bertz CT molecular complexity index is 375. The van der Waals surface area contributed by atoms with E-state index in [0.717, 1.165) is 11.3 Å². The molecule has 15 heavy (non-hydrogen) atoms. The molecule has 1 aromatic carbocycles. The predicted molar refractivity (Wildman–Crippen MR) is 59.4 cm³/mol. The summed E-state index contributed by atoms with van der Waals surface area (Å²) in [6, 6.07) is 5.86. The van der Waals surface area contributed by atoms with Gasteiger partial charge in [0.05, 0.1) is 0 Å². The number of rotatable bonds is 3. The summed E-state index contributed by atoms with van der Waals surface area (Å²) in [5.74, 6) is 0.815. The molecular weight excluding hydrogens is 192 g/mol. The van der Waals surface area contributed by atoms with Crippen molar-refractivity contribution in [3.63, 3.8) is 0 Å². The molecule has 0 heterocycles. The molecule has 1 aromatic rings. The van der Waals surface area contributed by atoms with Crippen LogP contribution in [-0.2, 0) is 0 Å². The number of aryl methyl sites for hydroxylation is 2. The minimum atomic E-state index is -0.434. The summed E-state index contributed by atoms with van der Waals surface area (Å²) in [6.07, 6.45) is -0.434. The van der Waals surface area contributed by atoms with Crippen LogP contribution in [0.5, 0.6) is 5.75 Å². The van der Waals surface area contributed by atoms with E-state index >= 15 is 0 Å². The fourth-order valence-corrected chi connectivity index (χ4v) is 1.26. The van der Waals surface area contributed by atoms with Gasteiger partial charge >= 0.3 is 0 Å². The van der Waals surface area contributed by atoms with E-state index in [9.17, 15) is 0 Å². The summed E-state index contributed by atoms with van der Waals surface area (Å²) in [6.45, 7) is 5.71. The Morgan fingerprint density at radius 1 is 1.47 bits per heavy atom. The molecule has 0 radical (unpaired) electrons. The first-order valence-corrected chi connectivity index (χ1v) is 4.76. The minimum Gasteiger partial charge on any atom is -0.482 e. The third-order valence-corrected chi connectivity index (χ3v) is 2.17. The van der Waals surface area contributed by atoms with E-state index in [0.29, 0.717) is 0 Å². The van der Waals surface area contributed by atoms with Crippen molar-refractivity contribution in [2.75, 3.05) is 0 Å². The second-order valence-electron chi connectivity index (χ2n) is 3.55. The fraction of sp³-hybridized carbons (Fsp3) is 0.364.